The van der Waals surface area contributed by atoms with Gasteiger partial charge in [0.2, 0.25) is 0 Å². The van der Waals surface area contributed by atoms with Crippen molar-refractivity contribution in [1.82, 2.24) is 0 Å². The molecular weight excluding hydrogens is 308 g/mol. The molecule has 2 aromatic rings. The molecule has 1 aliphatic carbocycles. The minimum Gasteiger partial charge on any atom is -0.460 e. The van der Waals surface area contributed by atoms with Crippen molar-refractivity contribution in [1.29, 1.82) is 0 Å². The summed E-state index contributed by atoms with van der Waals surface area (Å²) in [5.41, 5.74) is 2.07. The molecule has 2 nitrogen and oxygen atoms in total. The van der Waals surface area contributed by atoms with Crippen molar-refractivity contribution in [3.8, 4) is 0 Å². The van der Waals surface area contributed by atoms with Crippen LogP contribution >= 0.6 is 0 Å². The van der Waals surface area contributed by atoms with Crippen LogP contribution in [0.4, 0.5) is 0 Å². The number of ether oxygens (including phenoxy) is 1. The van der Waals surface area contributed by atoms with E-state index in [-0.39, 0.29) is 11.9 Å². The third kappa shape index (κ3) is 4.05. The van der Waals surface area contributed by atoms with E-state index in [2.05, 4.69) is 36.4 Å². The molecule has 2 aromatic carbocycles. The lowest BCUT2D eigenvalue weighted by atomic mass is 9.80. The highest BCUT2D eigenvalue weighted by Gasteiger charge is 2.25. The summed E-state index contributed by atoms with van der Waals surface area (Å²) in [6.07, 6.45) is 6.59. The topological polar surface area (TPSA) is 26.3 Å². The second kappa shape index (κ2) is 7.19. The summed E-state index contributed by atoms with van der Waals surface area (Å²) in [7, 11) is 0. The van der Waals surface area contributed by atoms with E-state index >= 15 is 0 Å². The molecule has 0 N–H and O–H groups in total. The van der Waals surface area contributed by atoms with Crippen molar-refractivity contribution in [2.24, 2.45) is 0 Å². The molecule has 3 rings (SSSR count). The molecule has 1 atom stereocenters. The number of carbonyl (C=O) groups excluding carboxylic acids is 1. The number of fused-ring (bicyclic) bond motifs is 1. The van der Waals surface area contributed by atoms with E-state index in [1.807, 2.05) is 27.7 Å². The molecular formula is C23H30O2. The first-order chi connectivity index (χ1) is 11.9. The molecule has 0 bridgehead atoms. The van der Waals surface area contributed by atoms with Gasteiger partial charge >= 0.3 is 5.97 Å². The lowest BCUT2D eigenvalue weighted by Crippen LogP contribution is -2.27. The average molecular weight is 338 g/mol. The van der Waals surface area contributed by atoms with Gasteiger partial charge < -0.3 is 4.74 Å². The third-order valence-corrected chi connectivity index (χ3v) is 5.26. The maximum absolute atomic E-state index is 12.6. The number of carbonyl (C=O) groups is 1. The molecule has 0 radical (unpaired) electrons. The molecule has 0 amide bonds. The van der Waals surface area contributed by atoms with Gasteiger partial charge in [0.15, 0.2) is 0 Å². The van der Waals surface area contributed by atoms with Gasteiger partial charge in [0.1, 0.15) is 5.60 Å². The Morgan fingerprint density at radius 1 is 1.00 bits per heavy atom. The van der Waals surface area contributed by atoms with Gasteiger partial charge in [0.05, 0.1) is 5.92 Å². The van der Waals surface area contributed by atoms with Crippen molar-refractivity contribution in [3.05, 3.63) is 47.5 Å². The zero-order chi connectivity index (χ0) is 18.0. The van der Waals surface area contributed by atoms with Crippen molar-refractivity contribution in [2.75, 3.05) is 0 Å². The highest BCUT2D eigenvalue weighted by molar-refractivity contribution is 5.93. The number of hydrogen-bond donors (Lipinski definition) is 0. The van der Waals surface area contributed by atoms with Crippen LogP contribution in [0.1, 0.15) is 82.8 Å². The highest BCUT2D eigenvalue weighted by Crippen LogP contribution is 2.38. The lowest BCUT2D eigenvalue weighted by molar-refractivity contribution is -0.156. The quantitative estimate of drug-likeness (QED) is 0.611. The molecule has 134 valence electrons. The summed E-state index contributed by atoms with van der Waals surface area (Å²) in [5.74, 6) is 0.247. The van der Waals surface area contributed by atoms with Gasteiger partial charge in [0.25, 0.3) is 0 Å². The monoisotopic (exact) mass is 338 g/mol. The van der Waals surface area contributed by atoms with E-state index in [4.69, 9.17) is 4.74 Å². The maximum atomic E-state index is 12.6. The van der Waals surface area contributed by atoms with E-state index in [0.29, 0.717) is 5.92 Å². The molecule has 0 aliphatic heterocycles. The Labute approximate surface area is 151 Å². The third-order valence-electron chi connectivity index (χ3n) is 5.26. The fourth-order valence-electron chi connectivity index (χ4n) is 4.01. The van der Waals surface area contributed by atoms with Crippen LogP contribution in [0.25, 0.3) is 10.8 Å². The van der Waals surface area contributed by atoms with Crippen molar-refractivity contribution in [2.45, 2.75) is 77.2 Å². The fourth-order valence-corrected chi connectivity index (χ4v) is 4.01. The summed E-state index contributed by atoms with van der Waals surface area (Å²) >= 11 is 0. The SMILES string of the molecule is CC(C(=O)OC(C)(C)C)c1ccc(C2CCCCC2)c2ccccc12. The fraction of sp³-hybridized carbons (Fsp3) is 0.522. The highest BCUT2D eigenvalue weighted by atomic mass is 16.6. The van der Waals surface area contributed by atoms with E-state index < -0.39 is 5.60 Å². The van der Waals surface area contributed by atoms with Gasteiger partial charge in [-0.15, -0.1) is 0 Å². The van der Waals surface area contributed by atoms with Gasteiger partial charge in [-0.3, -0.25) is 4.79 Å². The van der Waals surface area contributed by atoms with Crippen LogP contribution in [-0.4, -0.2) is 11.6 Å². The Hall–Kier alpha value is -1.83. The molecule has 1 saturated carbocycles. The van der Waals surface area contributed by atoms with Crippen molar-refractivity contribution in [3.63, 3.8) is 0 Å². The largest absolute Gasteiger partial charge is 0.460 e. The second-order valence-electron chi connectivity index (χ2n) is 8.38. The van der Waals surface area contributed by atoms with E-state index in [1.165, 1.54) is 48.4 Å². The number of benzene rings is 2. The summed E-state index contributed by atoms with van der Waals surface area (Å²) in [6.45, 7) is 7.71. The van der Waals surface area contributed by atoms with Crippen LogP contribution in [0.5, 0.6) is 0 Å². The number of rotatable bonds is 3. The van der Waals surface area contributed by atoms with E-state index in [1.54, 1.807) is 0 Å². The Morgan fingerprint density at radius 3 is 2.28 bits per heavy atom. The number of esters is 1. The second-order valence-corrected chi connectivity index (χ2v) is 8.38. The van der Waals surface area contributed by atoms with Crippen molar-refractivity contribution < 1.29 is 9.53 Å². The van der Waals surface area contributed by atoms with Gasteiger partial charge in [-0.2, -0.15) is 0 Å². The van der Waals surface area contributed by atoms with Crippen LogP contribution in [0.15, 0.2) is 36.4 Å². The van der Waals surface area contributed by atoms with Crippen LogP contribution in [0.2, 0.25) is 0 Å². The molecule has 0 heterocycles. The summed E-state index contributed by atoms with van der Waals surface area (Å²) in [6, 6.07) is 13.0. The van der Waals surface area contributed by atoms with Gasteiger partial charge in [-0.1, -0.05) is 55.7 Å². The summed E-state index contributed by atoms with van der Waals surface area (Å²) < 4.78 is 5.61. The molecule has 1 fully saturated rings. The molecule has 0 spiro atoms. The first-order valence-electron chi connectivity index (χ1n) is 9.61. The predicted molar refractivity (Wildman–Crippen MR) is 104 cm³/mol. The molecule has 1 unspecified atom stereocenters. The molecule has 1 aliphatic rings. The van der Waals surface area contributed by atoms with E-state index in [0.717, 1.165) is 5.56 Å². The molecule has 25 heavy (non-hydrogen) atoms. The zero-order valence-corrected chi connectivity index (χ0v) is 16.0. The van der Waals surface area contributed by atoms with Gasteiger partial charge in [0, 0.05) is 0 Å². The number of hydrogen-bond acceptors (Lipinski definition) is 2. The smallest absolute Gasteiger partial charge is 0.313 e. The molecule has 0 aromatic heterocycles. The standard InChI is InChI=1S/C23H30O2/c1-16(22(24)25-23(2,3)4)18-14-15-19(17-10-6-5-7-11-17)21-13-9-8-12-20(18)21/h8-9,12-17H,5-7,10-11H2,1-4H3. The van der Waals surface area contributed by atoms with Gasteiger partial charge in [-0.25, -0.2) is 0 Å². The molecule has 2 heteroatoms. The Kier molecular flexibility index (Phi) is 5.17. The van der Waals surface area contributed by atoms with Crippen molar-refractivity contribution >= 4 is 16.7 Å². The van der Waals surface area contributed by atoms with Gasteiger partial charge in [-0.05, 0) is 68.4 Å². The Balaban J connectivity index is 1.99. The normalized spacial score (nSPS) is 17.4. The summed E-state index contributed by atoms with van der Waals surface area (Å²) in [5, 5.41) is 2.51. The maximum Gasteiger partial charge on any atom is 0.313 e. The van der Waals surface area contributed by atoms with Crippen LogP contribution in [0, 0.1) is 0 Å². The van der Waals surface area contributed by atoms with Crippen LogP contribution < -0.4 is 0 Å². The zero-order valence-electron chi connectivity index (χ0n) is 16.0. The minimum atomic E-state index is -0.455. The average Bonchev–Trinajstić information content (AvgIpc) is 2.59. The first-order valence-corrected chi connectivity index (χ1v) is 9.61. The Morgan fingerprint density at radius 2 is 1.64 bits per heavy atom. The molecule has 0 saturated heterocycles. The minimum absolute atomic E-state index is 0.150. The first kappa shape index (κ1) is 18.0. The Bertz CT molecular complexity index is 748. The van der Waals surface area contributed by atoms with Crippen LogP contribution in [-0.2, 0) is 9.53 Å². The summed E-state index contributed by atoms with van der Waals surface area (Å²) in [4.78, 5) is 12.6. The van der Waals surface area contributed by atoms with Crippen LogP contribution in [0.3, 0.4) is 0 Å². The predicted octanol–water partition coefficient (Wildman–Crippen LogP) is 6.33. The lowest BCUT2D eigenvalue weighted by Gasteiger charge is -2.26. The van der Waals surface area contributed by atoms with E-state index in [9.17, 15) is 4.79 Å².